The Bertz CT molecular complexity index is 1140. The normalized spacial score (nSPS) is 14.9. The molecule has 0 radical (unpaired) electrons. The van der Waals surface area contributed by atoms with Gasteiger partial charge in [0, 0.05) is 44.4 Å². The topological polar surface area (TPSA) is 113 Å². The lowest BCUT2D eigenvalue weighted by Gasteiger charge is -2.30. The molecule has 1 saturated heterocycles. The van der Waals surface area contributed by atoms with Crippen molar-refractivity contribution in [3.8, 4) is 5.75 Å². The van der Waals surface area contributed by atoms with E-state index in [1.54, 1.807) is 38.4 Å². The van der Waals surface area contributed by atoms with Gasteiger partial charge >= 0.3 is 0 Å². The van der Waals surface area contributed by atoms with E-state index < -0.39 is 10.0 Å². The van der Waals surface area contributed by atoms with Crippen LogP contribution in [0.15, 0.2) is 53.4 Å². The fraction of sp³-hybridized carbons (Fsp3) is 0.375. The molecule has 0 saturated carbocycles. The molecular formula is C24H29N3O6S. The van der Waals surface area contributed by atoms with Crippen LogP contribution in [0.3, 0.4) is 0 Å². The molecule has 0 aliphatic carbocycles. The van der Waals surface area contributed by atoms with Gasteiger partial charge in [0.2, 0.25) is 15.9 Å². The van der Waals surface area contributed by atoms with Crippen molar-refractivity contribution in [3.05, 3.63) is 54.1 Å². The lowest BCUT2D eigenvalue weighted by atomic mass is 9.97. The highest BCUT2D eigenvalue weighted by molar-refractivity contribution is 7.89. The molecule has 2 aromatic rings. The van der Waals surface area contributed by atoms with Crippen LogP contribution in [0.25, 0.3) is 0 Å². The number of sulfonamides is 1. The number of amides is 2. The maximum atomic E-state index is 12.9. The van der Waals surface area contributed by atoms with Gasteiger partial charge in [-0.3, -0.25) is 14.4 Å². The van der Waals surface area contributed by atoms with Gasteiger partial charge in [-0.1, -0.05) is 12.1 Å². The highest BCUT2D eigenvalue weighted by Crippen LogP contribution is 2.25. The third-order valence-electron chi connectivity index (χ3n) is 5.71. The van der Waals surface area contributed by atoms with Crippen LogP contribution in [0, 0.1) is 5.92 Å². The maximum absolute atomic E-state index is 12.9. The molecule has 1 aliphatic rings. The van der Waals surface area contributed by atoms with E-state index >= 15 is 0 Å². The lowest BCUT2D eigenvalue weighted by Crippen LogP contribution is -2.41. The Hall–Kier alpha value is -3.24. The zero-order valence-corrected chi connectivity index (χ0v) is 20.3. The second kappa shape index (κ2) is 10.8. The number of ether oxygens (including phenoxy) is 1. The Labute approximate surface area is 199 Å². The number of ketones is 1. The van der Waals surface area contributed by atoms with Crippen molar-refractivity contribution in [1.29, 1.82) is 0 Å². The summed E-state index contributed by atoms with van der Waals surface area (Å²) in [4.78, 5) is 37.3. The molecule has 1 fully saturated rings. The van der Waals surface area contributed by atoms with Crippen molar-refractivity contribution in [2.45, 2.75) is 24.7 Å². The quantitative estimate of drug-likeness (QED) is 0.572. The summed E-state index contributed by atoms with van der Waals surface area (Å²) in [6.45, 7) is 1.83. The highest BCUT2D eigenvalue weighted by Gasteiger charge is 2.32. The average Bonchev–Trinajstić information content (AvgIpc) is 2.83. The summed E-state index contributed by atoms with van der Waals surface area (Å²) >= 11 is 0. The standard InChI is InChI=1S/C24H29N3O6S/c1-17(28)18-4-10-22(11-5-18)34(31,32)27-14-12-19(13-15-27)24(30)25-20-6-8-21(9-7-20)33-16-23(29)26(2)3/h4-11,19H,12-16H2,1-3H3,(H,25,30). The van der Waals surface area contributed by atoms with Crippen LogP contribution in [0.4, 0.5) is 5.69 Å². The first kappa shape index (κ1) is 25.4. The van der Waals surface area contributed by atoms with E-state index in [1.807, 2.05) is 0 Å². The molecule has 0 spiro atoms. The molecule has 0 bridgehead atoms. The first-order chi connectivity index (χ1) is 16.1. The number of carbonyl (C=O) groups excluding carboxylic acids is 3. The smallest absolute Gasteiger partial charge is 0.259 e. The summed E-state index contributed by atoms with van der Waals surface area (Å²) in [7, 11) is -0.385. The summed E-state index contributed by atoms with van der Waals surface area (Å²) in [5, 5.41) is 2.85. The molecule has 182 valence electrons. The maximum Gasteiger partial charge on any atom is 0.259 e. The molecule has 34 heavy (non-hydrogen) atoms. The fourth-order valence-corrected chi connectivity index (χ4v) is 4.99. The Kier molecular flexibility index (Phi) is 8.06. The van der Waals surface area contributed by atoms with Gasteiger partial charge in [-0.15, -0.1) is 0 Å². The Balaban J connectivity index is 1.52. The number of piperidine rings is 1. The van der Waals surface area contributed by atoms with Crippen LogP contribution in [-0.2, 0) is 19.6 Å². The van der Waals surface area contributed by atoms with Crippen LogP contribution in [0.1, 0.15) is 30.1 Å². The number of likely N-dealkylation sites (N-methyl/N-ethyl adjacent to an activating group) is 1. The largest absolute Gasteiger partial charge is 0.484 e. The molecule has 2 aromatic carbocycles. The minimum Gasteiger partial charge on any atom is -0.484 e. The number of hydrogen-bond donors (Lipinski definition) is 1. The Morgan fingerprint density at radius 2 is 1.59 bits per heavy atom. The van der Waals surface area contributed by atoms with Crippen LogP contribution in [0.2, 0.25) is 0 Å². The van der Waals surface area contributed by atoms with Gasteiger partial charge in [0.1, 0.15) is 5.75 Å². The van der Waals surface area contributed by atoms with Gasteiger partial charge in [-0.2, -0.15) is 4.31 Å². The molecule has 0 atom stereocenters. The molecule has 10 heteroatoms. The minimum absolute atomic E-state index is 0.0684. The second-order valence-electron chi connectivity index (χ2n) is 8.35. The number of rotatable bonds is 8. The lowest BCUT2D eigenvalue weighted by molar-refractivity contribution is -0.130. The van der Waals surface area contributed by atoms with E-state index in [4.69, 9.17) is 4.74 Å². The van der Waals surface area contributed by atoms with Gasteiger partial charge in [0.05, 0.1) is 4.90 Å². The molecule has 0 unspecified atom stereocenters. The summed E-state index contributed by atoms with van der Waals surface area (Å²) in [6, 6.07) is 12.6. The molecule has 0 aromatic heterocycles. The number of carbonyl (C=O) groups is 3. The second-order valence-corrected chi connectivity index (χ2v) is 10.3. The van der Waals surface area contributed by atoms with Gasteiger partial charge in [0.25, 0.3) is 5.91 Å². The minimum atomic E-state index is -3.68. The summed E-state index contributed by atoms with van der Waals surface area (Å²) in [6.07, 6.45) is 0.814. The van der Waals surface area contributed by atoms with Gasteiger partial charge < -0.3 is 15.0 Å². The zero-order chi connectivity index (χ0) is 24.9. The molecule has 2 amide bonds. The van der Waals surface area contributed by atoms with Crippen molar-refractivity contribution in [2.24, 2.45) is 5.92 Å². The van der Waals surface area contributed by atoms with Gasteiger partial charge in [0.15, 0.2) is 12.4 Å². The first-order valence-electron chi connectivity index (χ1n) is 10.9. The summed E-state index contributed by atoms with van der Waals surface area (Å²) < 4.78 is 32.6. The summed E-state index contributed by atoms with van der Waals surface area (Å²) in [5.74, 6) is -0.237. The molecule has 1 aliphatic heterocycles. The number of hydrogen-bond acceptors (Lipinski definition) is 6. The van der Waals surface area contributed by atoms with Crippen LogP contribution in [0.5, 0.6) is 5.75 Å². The average molecular weight is 488 g/mol. The molecular weight excluding hydrogens is 458 g/mol. The van der Waals surface area contributed by atoms with E-state index in [0.29, 0.717) is 29.8 Å². The molecule has 3 rings (SSSR count). The molecule has 1 N–H and O–H groups in total. The van der Waals surface area contributed by atoms with Crippen molar-refractivity contribution < 1.29 is 27.5 Å². The number of nitrogens with one attached hydrogen (secondary N) is 1. The first-order valence-corrected chi connectivity index (χ1v) is 12.4. The number of nitrogens with zero attached hydrogens (tertiary/aromatic N) is 2. The van der Waals surface area contributed by atoms with Gasteiger partial charge in [-0.05, 0) is 56.2 Å². The van der Waals surface area contributed by atoms with E-state index in [1.165, 1.54) is 40.4 Å². The van der Waals surface area contributed by atoms with Crippen molar-refractivity contribution in [1.82, 2.24) is 9.21 Å². The predicted octanol–water partition coefficient (Wildman–Crippen LogP) is 2.40. The highest BCUT2D eigenvalue weighted by atomic mass is 32.2. The van der Waals surface area contributed by atoms with Crippen LogP contribution in [-0.4, -0.2) is 69.0 Å². The van der Waals surface area contributed by atoms with E-state index in [9.17, 15) is 22.8 Å². The van der Waals surface area contributed by atoms with Crippen molar-refractivity contribution in [3.63, 3.8) is 0 Å². The SMILES string of the molecule is CC(=O)c1ccc(S(=O)(=O)N2CCC(C(=O)Nc3ccc(OCC(=O)N(C)C)cc3)CC2)cc1. The monoisotopic (exact) mass is 487 g/mol. The van der Waals surface area contributed by atoms with Crippen LogP contribution < -0.4 is 10.1 Å². The fourth-order valence-electron chi connectivity index (χ4n) is 3.52. The number of anilines is 1. The molecule has 9 nitrogen and oxygen atoms in total. The number of Topliss-reactive ketones (excluding diaryl/α,β-unsaturated/α-hetero) is 1. The van der Waals surface area contributed by atoms with E-state index in [0.717, 1.165) is 0 Å². The number of benzene rings is 2. The van der Waals surface area contributed by atoms with E-state index in [2.05, 4.69) is 5.32 Å². The Morgan fingerprint density at radius 3 is 2.12 bits per heavy atom. The summed E-state index contributed by atoms with van der Waals surface area (Å²) in [5.41, 5.74) is 1.05. The van der Waals surface area contributed by atoms with Crippen molar-refractivity contribution in [2.75, 3.05) is 39.1 Å². The van der Waals surface area contributed by atoms with Gasteiger partial charge in [-0.25, -0.2) is 8.42 Å². The predicted molar refractivity (Wildman–Crippen MR) is 127 cm³/mol. The molecule has 1 heterocycles. The van der Waals surface area contributed by atoms with E-state index in [-0.39, 0.29) is 48.1 Å². The van der Waals surface area contributed by atoms with Crippen LogP contribution >= 0.6 is 0 Å². The third-order valence-corrected chi connectivity index (χ3v) is 7.62. The van der Waals surface area contributed by atoms with Crippen molar-refractivity contribution >= 4 is 33.3 Å². The Morgan fingerprint density at radius 1 is 1.00 bits per heavy atom. The zero-order valence-electron chi connectivity index (χ0n) is 19.5. The third kappa shape index (κ3) is 6.21.